The van der Waals surface area contributed by atoms with Crippen molar-refractivity contribution in [2.75, 3.05) is 40.3 Å². The van der Waals surface area contributed by atoms with Crippen LogP contribution in [0.4, 0.5) is 0 Å². The first kappa shape index (κ1) is 20.3. The summed E-state index contributed by atoms with van der Waals surface area (Å²) in [4.78, 5) is 32.0. The molecule has 0 aromatic carbocycles. The summed E-state index contributed by atoms with van der Waals surface area (Å²) in [6.07, 6.45) is 2.70. The largest absolute Gasteiger partial charge is 0.466 e. The minimum atomic E-state index is -0.144. The smallest absolute Gasteiger partial charge is 0.310 e. The van der Waals surface area contributed by atoms with Gasteiger partial charge in [0.1, 0.15) is 6.54 Å². The van der Waals surface area contributed by atoms with Crippen LogP contribution in [0.5, 0.6) is 0 Å². The van der Waals surface area contributed by atoms with Crippen LogP contribution in [-0.4, -0.2) is 74.0 Å². The lowest BCUT2D eigenvalue weighted by molar-refractivity contribution is -0.149. The Labute approximate surface area is 145 Å². The zero-order valence-corrected chi connectivity index (χ0v) is 15.7. The molecule has 1 amide bonds. The van der Waals surface area contributed by atoms with E-state index in [4.69, 9.17) is 4.74 Å². The first-order valence-corrected chi connectivity index (χ1v) is 8.81. The van der Waals surface area contributed by atoms with Crippen LogP contribution in [0.25, 0.3) is 0 Å². The van der Waals surface area contributed by atoms with Gasteiger partial charge in [-0.25, -0.2) is 4.99 Å². The molecule has 7 nitrogen and oxygen atoms in total. The molecule has 138 valence electrons. The van der Waals surface area contributed by atoms with Gasteiger partial charge < -0.3 is 19.9 Å². The van der Waals surface area contributed by atoms with Crippen LogP contribution in [0.1, 0.15) is 40.0 Å². The molecule has 2 atom stereocenters. The van der Waals surface area contributed by atoms with Crippen LogP contribution in [-0.2, 0) is 14.3 Å². The number of nitrogens with one attached hydrogen (secondary N) is 1. The number of likely N-dealkylation sites (tertiary alicyclic amines) is 1. The van der Waals surface area contributed by atoms with Gasteiger partial charge in [-0.2, -0.15) is 0 Å². The fourth-order valence-electron chi connectivity index (χ4n) is 2.47. The molecule has 1 aliphatic heterocycles. The molecule has 0 bridgehead atoms. The van der Waals surface area contributed by atoms with Crippen molar-refractivity contribution in [3.8, 4) is 0 Å². The number of amides is 1. The van der Waals surface area contributed by atoms with E-state index in [2.05, 4.69) is 29.1 Å². The SMILES string of the molecule is CCOC(=O)C1CCCN(C(=NCC(=O)N(C)C)NC(C)CC)C1. The topological polar surface area (TPSA) is 74.2 Å². The maximum atomic E-state index is 12.0. The van der Waals surface area contributed by atoms with Crippen molar-refractivity contribution in [1.29, 1.82) is 0 Å². The van der Waals surface area contributed by atoms with Crippen LogP contribution < -0.4 is 5.32 Å². The Bertz CT molecular complexity index is 451. The molecule has 2 unspecified atom stereocenters. The second-order valence-electron chi connectivity index (χ2n) is 6.42. The minimum Gasteiger partial charge on any atom is -0.466 e. The highest BCUT2D eigenvalue weighted by molar-refractivity contribution is 5.85. The molecule has 1 rings (SSSR count). The number of ether oxygens (including phenoxy) is 1. The molecule has 7 heteroatoms. The van der Waals surface area contributed by atoms with E-state index in [1.165, 1.54) is 4.90 Å². The lowest BCUT2D eigenvalue weighted by Crippen LogP contribution is -2.50. The Hall–Kier alpha value is -1.79. The van der Waals surface area contributed by atoms with Crippen LogP contribution in [0.2, 0.25) is 0 Å². The number of rotatable bonds is 6. The molecular formula is C17H32N4O3. The van der Waals surface area contributed by atoms with E-state index in [0.29, 0.717) is 19.1 Å². The molecule has 1 heterocycles. The normalized spacial score (nSPS) is 19.6. The van der Waals surface area contributed by atoms with E-state index < -0.39 is 0 Å². The molecular weight excluding hydrogens is 308 g/mol. The van der Waals surface area contributed by atoms with E-state index in [-0.39, 0.29) is 30.4 Å². The lowest BCUT2D eigenvalue weighted by Gasteiger charge is -2.35. The van der Waals surface area contributed by atoms with Crippen molar-refractivity contribution >= 4 is 17.8 Å². The van der Waals surface area contributed by atoms with Crippen molar-refractivity contribution in [1.82, 2.24) is 15.1 Å². The quantitative estimate of drug-likeness (QED) is 0.445. The van der Waals surface area contributed by atoms with E-state index in [1.54, 1.807) is 14.1 Å². The highest BCUT2D eigenvalue weighted by Gasteiger charge is 2.29. The van der Waals surface area contributed by atoms with Crippen molar-refractivity contribution in [2.24, 2.45) is 10.9 Å². The zero-order chi connectivity index (χ0) is 18.1. The van der Waals surface area contributed by atoms with Gasteiger partial charge >= 0.3 is 5.97 Å². The van der Waals surface area contributed by atoms with E-state index >= 15 is 0 Å². The van der Waals surface area contributed by atoms with Crippen LogP contribution >= 0.6 is 0 Å². The molecule has 1 N–H and O–H groups in total. The van der Waals surface area contributed by atoms with Gasteiger partial charge in [-0.1, -0.05) is 6.92 Å². The van der Waals surface area contributed by atoms with Crippen molar-refractivity contribution in [2.45, 2.75) is 46.1 Å². The number of likely N-dealkylation sites (N-methyl/N-ethyl adjacent to an activating group) is 1. The maximum Gasteiger partial charge on any atom is 0.310 e. The molecule has 0 saturated carbocycles. The third-order valence-corrected chi connectivity index (χ3v) is 4.19. The molecule has 1 saturated heterocycles. The fraction of sp³-hybridized carbons (Fsp3) is 0.824. The number of nitrogens with zero attached hydrogens (tertiary/aromatic N) is 3. The van der Waals surface area contributed by atoms with Crippen LogP contribution in [0, 0.1) is 5.92 Å². The van der Waals surface area contributed by atoms with Crippen molar-refractivity contribution in [3.63, 3.8) is 0 Å². The molecule has 0 spiro atoms. The third-order valence-electron chi connectivity index (χ3n) is 4.19. The van der Waals surface area contributed by atoms with E-state index in [1.807, 2.05) is 6.92 Å². The first-order valence-electron chi connectivity index (χ1n) is 8.81. The average molecular weight is 340 g/mol. The Kier molecular flexibility index (Phi) is 8.57. The number of hydrogen-bond donors (Lipinski definition) is 1. The highest BCUT2D eigenvalue weighted by Crippen LogP contribution is 2.18. The molecule has 24 heavy (non-hydrogen) atoms. The number of carbonyl (C=O) groups is 2. The third kappa shape index (κ3) is 6.37. The van der Waals surface area contributed by atoms with Gasteiger partial charge in [0.05, 0.1) is 12.5 Å². The standard InChI is InChI=1S/C17H32N4O3/c1-6-13(3)19-17(18-11-15(22)20(4)5)21-10-8-9-14(12-21)16(23)24-7-2/h13-14H,6-12H2,1-5H3,(H,18,19). The highest BCUT2D eigenvalue weighted by atomic mass is 16.5. The molecule has 1 aliphatic rings. The van der Waals surface area contributed by atoms with Crippen LogP contribution in [0.3, 0.4) is 0 Å². The van der Waals surface area contributed by atoms with Crippen molar-refractivity contribution < 1.29 is 14.3 Å². The van der Waals surface area contributed by atoms with Gasteiger partial charge in [-0.05, 0) is 33.1 Å². The second-order valence-corrected chi connectivity index (χ2v) is 6.42. The van der Waals surface area contributed by atoms with E-state index in [9.17, 15) is 9.59 Å². The Morgan fingerprint density at radius 1 is 1.38 bits per heavy atom. The number of piperidine rings is 1. The van der Waals surface area contributed by atoms with Crippen LogP contribution in [0.15, 0.2) is 4.99 Å². The van der Waals surface area contributed by atoms with Gasteiger partial charge in [-0.15, -0.1) is 0 Å². The Morgan fingerprint density at radius 3 is 2.67 bits per heavy atom. The molecule has 0 aliphatic carbocycles. The number of carbonyl (C=O) groups excluding carboxylic acids is 2. The predicted molar refractivity (Wildman–Crippen MR) is 94.8 cm³/mol. The maximum absolute atomic E-state index is 12.0. The number of hydrogen-bond acceptors (Lipinski definition) is 4. The summed E-state index contributed by atoms with van der Waals surface area (Å²) >= 11 is 0. The van der Waals surface area contributed by atoms with Gasteiger partial charge in [0.25, 0.3) is 0 Å². The summed E-state index contributed by atoms with van der Waals surface area (Å²) in [5.74, 6) is 0.382. The first-order chi connectivity index (χ1) is 11.4. The van der Waals surface area contributed by atoms with Gasteiger partial charge in [-0.3, -0.25) is 9.59 Å². The summed E-state index contributed by atoms with van der Waals surface area (Å²) in [5.41, 5.74) is 0. The van der Waals surface area contributed by atoms with Gasteiger partial charge in [0.2, 0.25) is 5.91 Å². The Morgan fingerprint density at radius 2 is 2.08 bits per heavy atom. The number of esters is 1. The molecule has 0 aromatic rings. The number of guanidine groups is 1. The molecule has 0 aromatic heterocycles. The summed E-state index contributed by atoms with van der Waals surface area (Å²) in [6.45, 7) is 7.91. The zero-order valence-electron chi connectivity index (χ0n) is 15.7. The summed E-state index contributed by atoms with van der Waals surface area (Å²) < 4.78 is 5.15. The monoisotopic (exact) mass is 340 g/mol. The summed E-state index contributed by atoms with van der Waals surface area (Å²) in [6, 6.07) is 0.251. The molecule has 1 fully saturated rings. The lowest BCUT2D eigenvalue weighted by atomic mass is 9.98. The summed E-state index contributed by atoms with van der Waals surface area (Å²) in [5, 5.41) is 3.38. The Balaban J connectivity index is 2.82. The fourth-order valence-corrected chi connectivity index (χ4v) is 2.47. The average Bonchev–Trinajstić information content (AvgIpc) is 2.58. The molecule has 0 radical (unpaired) electrons. The second kappa shape index (κ2) is 10.2. The predicted octanol–water partition coefficient (Wildman–Crippen LogP) is 1.09. The van der Waals surface area contributed by atoms with Crippen molar-refractivity contribution in [3.05, 3.63) is 0 Å². The van der Waals surface area contributed by atoms with E-state index in [0.717, 1.165) is 25.8 Å². The number of aliphatic imine (C=N–C) groups is 1. The summed E-state index contributed by atoms with van der Waals surface area (Å²) in [7, 11) is 3.44. The minimum absolute atomic E-state index is 0.0441. The van der Waals surface area contributed by atoms with Gasteiger partial charge in [0, 0.05) is 33.2 Å². The van der Waals surface area contributed by atoms with Gasteiger partial charge in [0.15, 0.2) is 5.96 Å².